The van der Waals surface area contributed by atoms with Crippen LogP contribution in [0.3, 0.4) is 0 Å². The third-order valence-electron chi connectivity index (χ3n) is 1.19. The van der Waals surface area contributed by atoms with E-state index in [0.717, 1.165) is 13.0 Å². The third kappa shape index (κ3) is 9.43. The van der Waals surface area contributed by atoms with Crippen molar-refractivity contribution in [2.24, 2.45) is 5.92 Å². The Morgan fingerprint density at radius 3 is 2.50 bits per heavy atom. The second-order valence-corrected chi connectivity index (χ2v) is 3.16. The maximum absolute atomic E-state index is 10.3. The van der Waals surface area contributed by atoms with Crippen molar-refractivity contribution in [2.75, 3.05) is 19.8 Å². The summed E-state index contributed by atoms with van der Waals surface area (Å²) in [7, 11) is 0. The van der Waals surface area contributed by atoms with Crippen LogP contribution in [0.4, 0.5) is 0 Å². The Morgan fingerprint density at radius 1 is 1.33 bits per heavy atom. The van der Waals surface area contributed by atoms with Crippen LogP contribution in [0.15, 0.2) is 0 Å². The van der Waals surface area contributed by atoms with Gasteiger partial charge < -0.3 is 9.47 Å². The molecule has 3 nitrogen and oxygen atoms in total. The predicted octanol–water partition coefficient (Wildman–Crippen LogP) is 1.61. The van der Waals surface area contributed by atoms with E-state index in [9.17, 15) is 4.79 Å². The molecule has 0 aliphatic carbocycles. The van der Waals surface area contributed by atoms with E-state index in [2.05, 4.69) is 13.8 Å². The van der Waals surface area contributed by atoms with Gasteiger partial charge in [0.05, 0.1) is 6.61 Å². The van der Waals surface area contributed by atoms with Crippen LogP contribution >= 0.6 is 0 Å². The number of carbonyl (C=O) groups excluding carboxylic acids is 1. The van der Waals surface area contributed by atoms with Gasteiger partial charge >= 0.3 is 5.97 Å². The summed E-state index contributed by atoms with van der Waals surface area (Å²) in [6.45, 7) is 7.53. The third-order valence-corrected chi connectivity index (χ3v) is 1.19. The Kier molecular flexibility index (Phi) is 6.76. The molecule has 0 N–H and O–H groups in total. The zero-order valence-corrected chi connectivity index (χ0v) is 8.13. The second-order valence-electron chi connectivity index (χ2n) is 3.16. The van der Waals surface area contributed by atoms with Crippen molar-refractivity contribution in [3.8, 4) is 0 Å². The normalized spacial score (nSPS) is 10.3. The van der Waals surface area contributed by atoms with E-state index in [4.69, 9.17) is 9.47 Å². The van der Waals surface area contributed by atoms with Gasteiger partial charge in [-0.3, -0.25) is 4.79 Å². The van der Waals surface area contributed by atoms with E-state index in [0.29, 0.717) is 19.1 Å². The molecular formula is C9H18O3. The summed E-state index contributed by atoms with van der Waals surface area (Å²) in [6, 6.07) is 0. The van der Waals surface area contributed by atoms with Crippen LogP contribution in [0.1, 0.15) is 27.2 Å². The van der Waals surface area contributed by atoms with E-state index in [1.54, 1.807) is 0 Å². The molecule has 0 aromatic heterocycles. The van der Waals surface area contributed by atoms with Crippen molar-refractivity contribution >= 4 is 5.97 Å². The van der Waals surface area contributed by atoms with Crippen LogP contribution in [-0.4, -0.2) is 25.8 Å². The first kappa shape index (κ1) is 11.4. The van der Waals surface area contributed by atoms with Gasteiger partial charge in [0.1, 0.15) is 0 Å². The fraction of sp³-hybridized carbons (Fsp3) is 0.889. The van der Waals surface area contributed by atoms with Crippen molar-refractivity contribution in [3.63, 3.8) is 0 Å². The SMILES string of the molecule is CC(=O)OCCCOCC(C)C. The molecule has 72 valence electrons. The minimum absolute atomic E-state index is 0.223. The standard InChI is InChI=1S/C9H18O3/c1-8(2)7-11-5-4-6-12-9(3)10/h8H,4-7H2,1-3H3. The molecule has 0 aliphatic heterocycles. The Hall–Kier alpha value is -0.570. The average Bonchev–Trinajstić information content (AvgIpc) is 1.95. The Balaban J connectivity index is 2.96. The van der Waals surface area contributed by atoms with Gasteiger partial charge in [-0.05, 0) is 5.92 Å². The number of carbonyl (C=O) groups is 1. The quantitative estimate of drug-likeness (QED) is 0.453. The van der Waals surface area contributed by atoms with Gasteiger partial charge in [-0.2, -0.15) is 0 Å². The minimum Gasteiger partial charge on any atom is -0.466 e. The zero-order chi connectivity index (χ0) is 9.40. The average molecular weight is 174 g/mol. The summed E-state index contributed by atoms with van der Waals surface area (Å²) in [4.78, 5) is 10.3. The van der Waals surface area contributed by atoms with Crippen molar-refractivity contribution in [1.29, 1.82) is 0 Å². The molecule has 0 spiro atoms. The highest BCUT2D eigenvalue weighted by molar-refractivity contribution is 5.65. The lowest BCUT2D eigenvalue weighted by molar-refractivity contribution is -0.141. The molecule has 0 saturated carbocycles. The molecule has 0 atom stereocenters. The van der Waals surface area contributed by atoms with Crippen LogP contribution in [0.5, 0.6) is 0 Å². The highest BCUT2D eigenvalue weighted by Gasteiger charge is 1.95. The molecule has 0 aliphatic rings. The van der Waals surface area contributed by atoms with Crippen LogP contribution in [0.25, 0.3) is 0 Å². The van der Waals surface area contributed by atoms with Gasteiger partial charge in [-0.1, -0.05) is 13.8 Å². The molecule has 3 heteroatoms. The molecule has 0 aromatic rings. The molecule has 0 radical (unpaired) electrons. The van der Waals surface area contributed by atoms with Crippen molar-refractivity contribution in [1.82, 2.24) is 0 Å². The molecular weight excluding hydrogens is 156 g/mol. The largest absolute Gasteiger partial charge is 0.466 e. The lowest BCUT2D eigenvalue weighted by Crippen LogP contribution is -2.07. The van der Waals surface area contributed by atoms with E-state index in [-0.39, 0.29) is 5.97 Å². The maximum Gasteiger partial charge on any atom is 0.302 e. The van der Waals surface area contributed by atoms with Gasteiger partial charge in [-0.15, -0.1) is 0 Å². The van der Waals surface area contributed by atoms with Crippen LogP contribution in [-0.2, 0) is 14.3 Å². The fourth-order valence-corrected chi connectivity index (χ4v) is 0.696. The van der Waals surface area contributed by atoms with Crippen LogP contribution < -0.4 is 0 Å². The highest BCUT2D eigenvalue weighted by Crippen LogP contribution is 1.93. The Labute approximate surface area is 74.0 Å². The number of rotatable bonds is 6. The minimum atomic E-state index is -0.223. The van der Waals surface area contributed by atoms with Gasteiger partial charge in [0.25, 0.3) is 0 Å². The number of hydrogen-bond acceptors (Lipinski definition) is 3. The summed E-state index contributed by atoms with van der Waals surface area (Å²) in [5.74, 6) is 0.345. The lowest BCUT2D eigenvalue weighted by Gasteiger charge is -2.06. The molecule has 12 heavy (non-hydrogen) atoms. The van der Waals surface area contributed by atoms with Crippen molar-refractivity contribution < 1.29 is 14.3 Å². The molecule has 0 aromatic carbocycles. The van der Waals surface area contributed by atoms with E-state index < -0.39 is 0 Å². The van der Waals surface area contributed by atoms with Crippen LogP contribution in [0.2, 0.25) is 0 Å². The highest BCUT2D eigenvalue weighted by atomic mass is 16.5. The molecule has 0 unspecified atom stereocenters. The molecule has 0 fully saturated rings. The second kappa shape index (κ2) is 7.10. The molecule has 0 heterocycles. The first-order chi connectivity index (χ1) is 5.63. The molecule has 0 rings (SSSR count). The first-order valence-corrected chi connectivity index (χ1v) is 4.34. The summed E-state index contributed by atoms with van der Waals surface area (Å²) in [6.07, 6.45) is 0.784. The molecule has 0 bridgehead atoms. The number of esters is 1. The monoisotopic (exact) mass is 174 g/mol. The molecule has 0 amide bonds. The van der Waals surface area contributed by atoms with Gasteiger partial charge in [0.2, 0.25) is 0 Å². The summed E-state index contributed by atoms with van der Waals surface area (Å²) in [5.41, 5.74) is 0. The first-order valence-electron chi connectivity index (χ1n) is 4.34. The van der Waals surface area contributed by atoms with Crippen molar-refractivity contribution in [2.45, 2.75) is 27.2 Å². The van der Waals surface area contributed by atoms with Crippen LogP contribution in [0, 0.1) is 5.92 Å². The fourth-order valence-electron chi connectivity index (χ4n) is 0.696. The van der Waals surface area contributed by atoms with Gasteiger partial charge in [0, 0.05) is 26.6 Å². The summed E-state index contributed by atoms with van der Waals surface area (Å²) >= 11 is 0. The lowest BCUT2D eigenvalue weighted by atomic mass is 10.2. The Morgan fingerprint density at radius 2 is 2.00 bits per heavy atom. The number of hydrogen-bond donors (Lipinski definition) is 0. The summed E-state index contributed by atoms with van der Waals surface area (Å²) in [5, 5.41) is 0. The van der Waals surface area contributed by atoms with Crippen molar-refractivity contribution in [3.05, 3.63) is 0 Å². The van der Waals surface area contributed by atoms with Gasteiger partial charge in [-0.25, -0.2) is 0 Å². The van der Waals surface area contributed by atoms with E-state index >= 15 is 0 Å². The zero-order valence-electron chi connectivity index (χ0n) is 8.13. The van der Waals surface area contributed by atoms with E-state index in [1.807, 2.05) is 0 Å². The Bertz CT molecular complexity index is 121. The number of ether oxygens (including phenoxy) is 2. The maximum atomic E-state index is 10.3. The van der Waals surface area contributed by atoms with E-state index in [1.165, 1.54) is 6.92 Å². The van der Waals surface area contributed by atoms with Gasteiger partial charge in [0.15, 0.2) is 0 Å². The predicted molar refractivity (Wildman–Crippen MR) is 46.9 cm³/mol. The molecule has 0 saturated heterocycles. The summed E-state index contributed by atoms with van der Waals surface area (Å²) < 4.78 is 10.0. The smallest absolute Gasteiger partial charge is 0.302 e. The topological polar surface area (TPSA) is 35.5 Å².